The van der Waals surface area contributed by atoms with Crippen molar-refractivity contribution in [1.82, 2.24) is 0 Å². The van der Waals surface area contributed by atoms with Crippen LogP contribution in [-0.4, -0.2) is 0 Å². The number of para-hydroxylation sites is 3. The number of rotatable bonds is 0. The van der Waals surface area contributed by atoms with Crippen molar-refractivity contribution in [2.45, 2.75) is 6.42 Å². The summed E-state index contributed by atoms with van der Waals surface area (Å²) in [5.41, 5.74) is 2.88. The Morgan fingerprint density at radius 2 is 1.24 bits per heavy atom. The lowest BCUT2D eigenvalue weighted by molar-refractivity contribution is 0.460. The maximum atomic E-state index is 10.7. The highest BCUT2D eigenvalue weighted by Crippen LogP contribution is 2.35. The van der Waals surface area contributed by atoms with Crippen molar-refractivity contribution in [3.63, 3.8) is 0 Å². The number of benzene rings is 3. The smallest absolute Gasteiger partial charge is 0.336 e. The average Bonchev–Trinajstić information content (AvgIpc) is 2.66. The topological polar surface area (TPSA) is 39.4 Å². The van der Waals surface area contributed by atoms with Crippen LogP contribution in [0, 0.1) is 0 Å². The van der Waals surface area contributed by atoms with E-state index in [0.717, 1.165) is 23.3 Å². The number of fused-ring (bicyclic) bond motifs is 3. The highest BCUT2D eigenvalue weighted by Gasteiger charge is 2.14. The fourth-order valence-electron chi connectivity index (χ4n) is 2.83. The molecule has 0 radical (unpaired) electrons. The summed E-state index contributed by atoms with van der Waals surface area (Å²) in [6.45, 7) is 0. The molecule has 3 heteroatoms. The minimum absolute atomic E-state index is 0.302. The Bertz CT molecular complexity index is 992. The van der Waals surface area contributed by atoms with Crippen LogP contribution in [0.4, 0.5) is 0 Å². The van der Waals surface area contributed by atoms with Gasteiger partial charge in [-0.1, -0.05) is 54.6 Å². The molecule has 1 aliphatic heterocycles. The second-order valence-electron chi connectivity index (χ2n) is 5.79. The van der Waals surface area contributed by atoms with Crippen molar-refractivity contribution in [2.24, 2.45) is 0 Å². The molecule has 4 aromatic rings. The van der Waals surface area contributed by atoms with E-state index in [1.54, 1.807) is 12.1 Å². The lowest BCUT2D eigenvalue weighted by atomic mass is 10.0. The van der Waals surface area contributed by atoms with Gasteiger partial charge in [-0.15, -0.1) is 0 Å². The SMILES string of the molecule is O=c1ccc2ccccc2o1.c1ccc2c(c1)Cc1ccccc1O2. The fraction of sp³-hybridized carbons (Fsp3) is 0.0455. The van der Waals surface area contributed by atoms with Gasteiger partial charge in [0.05, 0.1) is 0 Å². The summed E-state index contributed by atoms with van der Waals surface area (Å²) >= 11 is 0. The van der Waals surface area contributed by atoms with Crippen LogP contribution in [0.3, 0.4) is 0 Å². The van der Waals surface area contributed by atoms with Gasteiger partial charge in [0.15, 0.2) is 0 Å². The zero-order valence-electron chi connectivity index (χ0n) is 13.5. The quantitative estimate of drug-likeness (QED) is 0.368. The van der Waals surface area contributed by atoms with Crippen LogP contribution in [-0.2, 0) is 6.42 Å². The summed E-state index contributed by atoms with van der Waals surface area (Å²) < 4.78 is 10.7. The van der Waals surface area contributed by atoms with Gasteiger partial charge in [0, 0.05) is 17.9 Å². The van der Waals surface area contributed by atoms with Gasteiger partial charge in [-0.25, -0.2) is 4.79 Å². The van der Waals surface area contributed by atoms with E-state index < -0.39 is 0 Å². The van der Waals surface area contributed by atoms with Gasteiger partial charge in [0.1, 0.15) is 17.1 Å². The van der Waals surface area contributed by atoms with Crippen molar-refractivity contribution >= 4 is 11.0 Å². The van der Waals surface area contributed by atoms with Crippen molar-refractivity contribution in [3.05, 3.63) is 106 Å². The maximum Gasteiger partial charge on any atom is 0.336 e. The Labute approximate surface area is 145 Å². The summed E-state index contributed by atoms with van der Waals surface area (Å²) in [5, 5.41) is 0.951. The van der Waals surface area contributed by atoms with Gasteiger partial charge in [-0.3, -0.25) is 0 Å². The predicted octanol–water partition coefficient (Wildman–Crippen LogP) is 5.18. The largest absolute Gasteiger partial charge is 0.457 e. The summed E-state index contributed by atoms with van der Waals surface area (Å²) in [6.07, 6.45) is 0.979. The first kappa shape index (κ1) is 15.2. The van der Waals surface area contributed by atoms with Crippen LogP contribution in [0.25, 0.3) is 11.0 Å². The van der Waals surface area contributed by atoms with E-state index in [2.05, 4.69) is 24.3 Å². The predicted molar refractivity (Wildman–Crippen MR) is 98.2 cm³/mol. The first-order valence-electron chi connectivity index (χ1n) is 8.12. The Kier molecular flexibility index (Phi) is 4.05. The normalized spacial score (nSPS) is 11.5. The summed E-state index contributed by atoms with van der Waals surface area (Å²) in [7, 11) is 0. The molecular weight excluding hydrogens is 312 g/mol. The molecular formula is C22H16O3. The van der Waals surface area contributed by atoms with Crippen LogP contribution in [0.5, 0.6) is 11.5 Å². The summed E-state index contributed by atoms with van der Waals surface area (Å²) in [5.74, 6) is 1.98. The van der Waals surface area contributed by atoms with Crippen molar-refractivity contribution < 1.29 is 9.15 Å². The van der Waals surface area contributed by atoms with Crippen LogP contribution in [0.2, 0.25) is 0 Å². The van der Waals surface area contributed by atoms with E-state index in [9.17, 15) is 4.79 Å². The summed E-state index contributed by atoms with van der Waals surface area (Å²) in [4.78, 5) is 10.7. The zero-order valence-corrected chi connectivity index (χ0v) is 13.5. The van der Waals surface area contributed by atoms with Gasteiger partial charge in [-0.05, 0) is 35.4 Å². The number of hydrogen-bond acceptors (Lipinski definition) is 3. The van der Waals surface area contributed by atoms with Gasteiger partial charge >= 0.3 is 5.63 Å². The minimum Gasteiger partial charge on any atom is -0.457 e. The van der Waals surface area contributed by atoms with E-state index in [0.29, 0.717) is 5.58 Å². The van der Waals surface area contributed by atoms with Crippen molar-refractivity contribution in [2.75, 3.05) is 0 Å². The van der Waals surface area contributed by atoms with Crippen molar-refractivity contribution in [1.29, 1.82) is 0 Å². The second-order valence-corrected chi connectivity index (χ2v) is 5.79. The lowest BCUT2D eigenvalue weighted by Gasteiger charge is -2.19. The molecule has 0 aliphatic carbocycles. The molecule has 0 spiro atoms. The minimum atomic E-state index is -0.302. The van der Waals surface area contributed by atoms with Crippen LogP contribution in [0.15, 0.2) is 94.1 Å². The first-order chi connectivity index (χ1) is 12.3. The molecule has 3 nitrogen and oxygen atoms in total. The molecule has 0 fully saturated rings. The lowest BCUT2D eigenvalue weighted by Crippen LogP contribution is -2.01. The number of hydrogen-bond donors (Lipinski definition) is 0. The van der Waals surface area contributed by atoms with Gasteiger partial charge in [0.25, 0.3) is 0 Å². The van der Waals surface area contributed by atoms with E-state index in [1.807, 2.05) is 42.5 Å². The molecule has 1 aromatic heterocycles. The fourth-order valence-corrected chi connectivity index (χ4v) is 2.83. The molecule has 0 saturated heterocycles. The van der Waals surface area contributed by atoms with Crippen LogP contribution >= 0.6 is 0 Å². The number of ether oxygens (including phenoxy) is 1. The van der Waals surface area contributed by atoms with Gasteiger partial charge < -0.3 is 9.15 Å². The third-order valence-electron chi connectivity index (χ3n) is 4.07. The van der Waals surface area contributed by atoms with E-state index in [1.165, 1.54) is 17.2 Å². The molecule has 25 heavy (non-hydrogen) atoms. The molecule has 1 aliphatic rings. The highest BCUT2D eigenvalue weighted by molar-refractivity contribution is 5.75. The second kappa shape index (κ2) is 6.65. The Morgan fingerprint density at radius 1 is 0.640 bits per heavy atom. The first-order valence-corrected chi connectivity index (χ1v) is 8.12. The third kappa shape index (κ3) is 3.31. The molecule has 0 amide bonds. The Morgan fingerprint density at radius 3 is 1.96 bits per heavy atom. The molecule has 0 unspecified atom stereocenters. The van der Waals surface area contributed by atoms with E-state index in [4.69, 9.17) is 9.15 Å². The van der Waals surface area contributed by atoms with Crippen LogP contribution < -0.4 is 10.4 Å². The standard InChI is InChI=1S/C13H10O.C9H6O2/c1-3-7-12-10(5-1)9-11-6-2-4-8-13(11)14-12;10-9-6-5-7-3-1-2-4-8(7)11-9/h1-8H,9H2;1-6H. The Hall–Kier alpha value is -3.33. The molecule has 3 aromatic carbocycles. The summed E-state index contributed by atoms with van der Waals surface area (Å²) in [6, 6.07) is 27.0. The molecule has 0 atom stereocenters. The molecule has 0 N–H and O–H groups in total. The monoisotopic (exact) mass is 328 g/mol. The average molecular weight is 328 g/mol. The molecule has 0 bridgehead atoms. The molecule has 2 heterocycles. The maximum absolute atomic E-state index is 10.7. The van der Waals surface area contributed by atoms with E-state index >= 15 is 0 Å². The van der Waals surface area contributed by atoms with Crippen molar-refractivity contribution in [3.8, 4) is 11.5 Å². The Balaban J connectivity index is 0.000000129. The molecule has 0 saturated carbocycles. The van der Waals surface area contributed by atoms with Gasteiger partial charge in [0.2, 0.25) is 0 Å². The highest BCUT2D eigenvalue weighted by atomic mass is 16.5. The molecule has 122 valence electrons. The van der Waals surface area contributed by atoms with Gasteiger partial charge in [-0.2, -0.15) is 0 Å². The third-order valence-corrected chi connectivity index (χ3v) is 4.07. The zero-order chi connectivity index (χ0) is 17.1. The van der Waals surface area contributed by atoms with Crippen LogP contribution in [0.1, 0.15) is 11.1 Å². The van der Waals surface area contributed by atoms with E-state index in [-0.39, 0.29) is 5.63 Å². The molecule has 5 rings (SSSR count).